The topological polar surface area (TPSA) is 348 Å². The number of nitrogens with zero attached hydrogens (tertiary/aromatic N) is 1. The van der Waals surface area contributed by atoms with Crippen LogP contribution in [0, 0.1) is 11.8 Å². The van der Waals surface area contributed by atoms with E-state index in [0.717, 1.165) is 45.2 Å². The third-order valence-electron chi connectivity index (χ3n) is 16.1. The zero-order valence-corrected chi connectivity index (χ0v) is 55.7. The fourth-order valence-electron chi connectivity index (χ4n) is 10.7. The summed E-state index contributed by atoms with van der Waals surface area (Å²) in [7, 11) is -15.2. The van der Waals surface area contributed by atoms with Crippen molar-refractivity contribution in [2.75, 3.05) is 123 Å². The average Bonchev–Trinajstić information content (AvgIpc) is 3.50. The van der Waals surface area contributed by atoms with Gasteiger partial charge >= 0.3 is 8.80 Å². The van der Waals surface area contributed by atoms with Gasteiger partial charge in [-0.05, 0) is 64.1 Å². The van der Waals surface area contributed by atoms with E-state index in [1.165, 1.54) is 122 Å². The maximum absolute atomic E-state index is 11.6. The third kappa shape index (κ3) is 42.9. The molecule has 0 aromatic rings. The highest BCUT2D eigenvalue weighted by molar-refractivity contribution is 7.86. The molecule has 0 saturated heterocycles. The number of quaternary nitrogens is 1. The number of rotatable bonds is 62. The van der Waals surface area contributed by atoms with Crippen LogP contribution < -0.4 is 16.0 Å². The van der Waals surface area contributed by atoms with Gasteiger partial charge < -0.3 is 64.4 Å². The maximum Gasteiger partial charge on any atom is 0.501 e. The lowest BCUT2D eigenvalue weighted by Gasteiger charge is -2.42. The Balaban J connectivity index is 7.12. The minimum atomic E-state index is -4.43. The van der Waals surface area contributed by atoms with Crippen molar-refractivity contribution in [2.24, 2.45) is 11.8 Å². The highest BCUT2D eigenvalue weighted by Crippen LogP contribution is 2.28. The van der Waals surface area contributed by atoms with Crippen LogP contribution in [-0.4, -0.2) is 222 Å². The molecule has 3 unspecified atom stereocenters. The predicted molar refractivity (Wildman–Crippen MR) is 332 cm³/mol. The molecule has 0 saturated carbocycles. The average molecular weight is 1280 g/mol. The number of unbranched alkanes of at least 4 members (excludes halogenated alkanes) is 20. The summed E-state index contributed by atoms with van der Waals surface area (Å²) in [6.45, 7) is 5.08. The summed E-state index contributed by atoms with van der Waals surface area (Å²) in [5, 5.41) is 73.7. The Morgan fingerprint density at radius 1 is 0.422 bits per heavy atom. The second kappa shape index (κ2) is 46.5. The smallest absolute Gasteiger partial charge is 0.394 e. The monoisotopic (exact) mass is 1280 g/mol. The standard InChI is InChI=1S/C57H122N4O18S3Si/c1-6-8-10-12-14-15-16-17-18-19-20-21-22-23-25-27-36-61(5,43-54(4)42-53(3)32-26-24-13-11-9-7-2)37-31-41-83(77-50-55(44-62,45-63)58-33-28-38-80(68,69)70,78-51-56(46-64,47-65)59-34-29-39-81(71,72)73)79-52-57(48-66,49-67)60-35-30-40-82(74,75)76/h53-54,58-60,62-67H,6-52H2,1-5H3,(H2-,68,69,70,71,72,73,74,75,76)/p+1. The highest BCUT2D eigenvalue weighted by atomic mass is 32.2. The minimum absolute atomic E-state index is 0.0314. The highest BCUT2D eigenvalue weighted by Gasteiger charge is 2.49. The molecular formula is C57H123N4O18S3Si+. The zero-order valence-electron chi connectivity index (χ0n) is 52.3. The number of hydrogen-bond acceptors (Lipinski definition) is 18. The molecule has 0 aliphatic heterocycles. The molecule has 0 radical (unpaired) electrons. The van der Waals surface area contributed by atoms with E-state index in [0.29, 0.717) is 29.3 Å². The molecule has 500 valence electrons. The first kappa shape index (κ1) is 82.4. The predicted octanol–water partition coefficient (Wildman–Crippen LogP) is 6.26. The van der Waals surface area contributed by atoms with E-state index < -0.39 is 132 Å². The van der Waals surface area contributed by atoms with E-state index in [-0.39, 0.29) is 44.9 Å². The molecule has 0 fully saturated rings. The van der Waals surface area contributed by atoms with Gasteiger partial charge in [-0.1, -0.05) is 163 Å². The Bertz CT molecular complexity index is 1760. The van der Waals surface area contributed by atoms with Crippen LogP contribution in [0.2, 0.25) is 6.04 Å². The van der Waals surface area contributed by atoms with Crippen molar-refractivity contribution < 1.29 is 87.3 Å². The van der Waals surface area contributed by atoms with Crippen LogP contribution in [-0.2, 0) is 43.6 Å². The van der Waals surface area contributed by atoms with Gasteiger partial charge in [0.2, 0.25) is 0 Å². The van der Waals surface area contributed by atoms with E-state index in [1.807, 2.05) is 0 Å². The van der Waals surface area contributed by atoms with Crippen molar-refractivity contribution in [2.45, 2.75) is 230 Å². The quantitative estimate of drug-likeness (QED) is 0.0138. The lowest BCUT2D eigenvalue weighted by atomic mass is 9.91. The summed E-state index contributed by atoms with van der Waals surface area (Å²) < 4.78 is 118. The third-order valence-corrected chi connectivity index (χ3v) is 21.2. The number of nitrogens with one attached hydrogen (secondary N) is 3. The molecule has 3 atom stereocenters. The number of hydrogen-bond donors (Lipinski definition) is 12. The zero-order chi connectivity index (χ0) is 62.6. The Kier molecular flexibility index (Phi) is 46.2. The molecule has 0 aromatic heterocycles. The van der Waals surface area contributed by atoms with Crippen molar-refractivity contribution in [3.63, 3.8) is 0 Å². The van der Waals surface area contributed by atoms with Crippen LogP contribution in [0.1, 0.15) is 207 Å². The van der Waals surface area contributed by atoms with Crippen LogP contribution in [0.25, 0.3) is 0 Å². The van der Waals surface area contributed by atoms with Gasteiger partial charge in [0.05, 0.1) is 120 Å². The van der Waals surface area contributed by atoms with Crippen LogP contribution in [0.15, 0.2) is 0 Å². The van der Waals surface area contributed by atoms with Crippen LogP contribution >= 0.6 is 0 Å². The van der Waals surface area contributed by atoms with E-state index >= 15 is 0 Å². The van der Waals surface area contributed by atoms with Crippen LogP contribution in [0.5, 0.6) is 0 Å². The molecule has 0 bridgehead atoms. The molecular weight excluding hydrogens is 1150 g/mol. The molecule has 0 rings (SSSR count). The molecule has 0 aliphatic carbocycles. The van der Waals surface area contributed by atoms with Gasteiger partial charge in [-0.15, -0.1) is 0 Å². The second-order valence-electron chi connectivity index (χ2n) is 24.7. The first-order valence-corrected chi connectivity index (χ1v) is 38.5. The first-order valence-electron chi connectivity index (χ1n) is 31.7. The summed E-state index contributed by atoms with van der Waals surface area (Å²) in [4.78, 5) is 0. The lowest BCUT2D eigenvalue weighted by molar-refractivity contribution is -0.913. The molecule has 0 aliphatic rings. The maximum atomic E-state index is 11.6. The second-order valence-corrected chi connectivity index (χ2v) is 32.1. The molecule has 0 spiro atoms. The van der Waals surface area contributed by atoms with E-state index in [4.69, 9.17) is 13.3 Å². The number of aliphatic hydroxyl groups is 6. The molecule has 12 N–H and O–H groups in total. The lowest BCUT2D eigenvalue weighted by Crippen LogP contribution is -2.64. The van der Waals surface area contributed by atoms with Crippen molar-refractivity contribution in [1.82, 2.24) is 16.0 Å². The molecule has 0 amide bonds. The molecule has 26 heteroatoms. The first-order chi connectivity index (χ1) is 39.2. The van der Waals surface area contributed by atoms with Gasteiger partial charge in [0, 0.05) is 18.4 Å². The number of aliphatic hydroxyl groups excluding tert-OH is 6. The normalized spacial score (nSPS) is 14.8. The van der Waals surface area contributed by atoms with Gasteiger partial charge in [-0.2, -0.15) is 25.3 Å². The summed E-state index contributed by atoms with van der Waals surface area (Å²) in [5.41, 5.74) is -4.99. The van der Waals surface area contributed by atoms with Crippen LogP contribution in [0.4, 0.5) is 0 Å². The molecule has 22 nitrogen and oxygen atoms in total. The summed E-state index contributed by atoms with van der Waals surface area (Å²) in [6, 6.07) is 0.0314. The summed E-state index contributed by atoms with van der Waals surface area (Å²) >= 11 is 0. The Morgan fingerprint density at radius 3 is 1.01 bits per heavy atom. The van der Waals surface area contributed by atoms with Crippen molar-refractivity contribution in [3.8, 4) is 0 Å². The Labute approximate surface area is 505 Å². The minimum Gasteiger partial charge on any atom is -0.394 e. The molecule has 83 heavy (non-hydrogen) atoms. The van der Waals surface area contributed by atoms with E-state index in [2.05, 4.69) is 50.7 Å². The largest absolute Gasteiger partial charge is 0.501 e. The Morgan fingerprint density at radius 2 is 0.711 bits per heavy atom. The van der Waals surface area contributed by atoms with Gasteiger partial charge in [-0.25, -0.2) is 0 Å². The SMILES string of the molecule is CCCCCCCCCCCCCCCCCC[N+](C)(CCC[Si](OCC(CO)(CO)NCCCS(=O)(=O)O)(OCC(CO)(CO)NCCCS(=O)(=O)O)OCC(CO)(CO)NCCCS(=O)(=O)O)CC(C)CC(C)CCCCCCCC. The molecule has 0 aromatic carbocycles. The van der Waals surface area contributed by atoms with Crippen LogP contribution in [0.3, 0.4) is 0 Å². The van der Waals surface area contributed by atoms with Gasteiger partial charge in [-0.3, -0.25) is 13.7 Å². The summed E-state index contributed by atoms with van der Waals surface area (Å²) in [5.74, 6) is -0.943. The van der Waals surface area contributed by atoms with Gasteiger partial charge in [0.15, 0.2) is 0 Å². The van der Waals surface area contributed by atoms with Crippen molar-refractivity contribution in [1.29, 1.82) is 0 Å². The van der Waals surface area contributed by atoms with E-state index in [9.17, 15) is 69.6 Å². The Hall–Kier alpha value is -0.573. The fraction of sp³-hybridized carbons (Fsp3) is 1.00. The fourth-order valence-corrected chi connectivity index (χ4v) is 15.0. The van der Waals surface area contributed by atoms with Crippen molar-refractivity contribution >= 4 is 39.2 Å². The van der Waals surface area contributed by atoms with Crippen molar-refractivity contribution in [3.05, 3.63) is 0 Å². The summed E-state index contributed by atoms with van der Waals surface area (Å²) in [6.07, 6.45) is 29.8. The van der Waals surface area contributed by atoms with E-state index in [1.54, 1.807) is 0 Å². The molecule has 0 heterocycles. The van der Waals surface area contributed by atoms with Gasteiger partial charge in [0.25, 0.3) is 30.4 Å². The van der Waals surface area contributed by atoms with Gasteiger partial charge in [0.1, 0.15) is 0 Å².